The molecule has 1 rings (SSSR count). The Morgan fingerprint density at radius 3 is 2.78 bits per heavy atom. The van der Waals surface area contributed by atoms with E-state index in [9.17, 15) is 4.79 Å². The van der Waals surface area contributed by atoms with Gasteiger partial charge >= 0.3 is 0 Å². The van der Waals surface area contributed by atoms with Crippen molar-refractivity contribution in [2.24, 2.45) is 11.1 Å². The highest BCUT2D eigenvalue weighted by Gasteiger charge is 2.18. The van der Waals surface area contributed by atoms with Crippen molar-refractivity contribution in [3.63, 3.8) is 0 Å². The van der Waals surface area contributed by atoms with Crippen LogP contribution in [0.1, 0.15) is 33.6 Å². The quantitative estimate of drug-likeness (QED) is 0.898. The molecular formula is C13H20BrN3O. The zero-order valence-electron chi connectivity index (χ0n) is 11.0. The van der Waals surface area contributed by atoms with E-state index >= 15 is 0 Å². The van der Waals surface area contributed by atoms with Crippen molar-refractivity contribution in [2.45, 2.75) is 39.7 Å². The van der Waals surface area contributed by atoms with Gasteiger partial charge in [0.15, 0.2) is 0 Å². The molecule has 0 radical (unpaired) electrons. The third kappa shape index (κ3) is 5.60. The Morgan fingerprint density at radius 1 is 1.56 bits per heavy atom. The predicted octanol–water partition coefficient (Wildman–Crippen LogP) is 2.94. The first-order chi connectivity index (χ1) is 8.28. The fourth-order valence-electron chi connectivity index (χ4n) is 1.77. The fraction of sp³-hybridized carbons (Fsp3) is 0.538. The van der Waals surface area contributed by atoms with Crippen LogP contribution < -0.4 is 11.1 Å². The largest absolute Gasteiger partial charge is 0.327 e. The molecule has 0 fully saturated rings. The standard InChI is InChI=1S/C13H20BrN3O/c1-13(2,3)7-9(15)6-12(18)17-11-4-5-16-8-10(11)14/h4-5,8-9H,6-7,15H2,1-3H3,(H,16,17,18). The molecule has 0 saturated heterocycles. The Kier molecular flexibility index (Phi) is 5.28. The number of halogens is 1. The molecule has 0 aliphatic carbocycles. The van der Waals surface area contributed by atoms with Gasteiger partial charge in [0.2, 0.25) is 5.91 Å². The molecule has 0 aliphatic rings. The van der Waals surface area contributed by atoms with E-state index in [0.29, 0.717) is 6.42 Å². The summed E-state index contributed by atoms with van der Waals surface area (Å²) in [4.78, 5) is 15.8. The van der Waals surface area contributed by atoms with Crippen LogP contribution in [0.25, 0.3) is 0 Å². The van der Waals surface area contributed by atoms with Gasteiger partial charge in [-0.15, -0.1) is 0 Å². The van der Waals surface area contributed by atoms with E-state index in [1.807, 2.05) is 0 Å². The molecule has 4 nitrogen and oxygen atoms in total. The van der Waals surface area contributed by atoms with Crippen molar-refractivity contribution in [3.05, 3.63) is 22.9 Å². The molecule has 0 saturated carbocycles. The summed E-state index contributed by atoms with van der Waals surface area (Å²) in [5.74, 6) is -0.0707. The van der Waals surface area contributed by atoms with Crippen LogP contribution in [-0.4, -0.2) is 16.9 Å². The minimum absolute atomic E-state index is 0.0707. The predicted molar refractivity (Wildman–Crippen MR) is 77.2 cm³/mol. The van der Waals surface area contributed by atoms with Crippen molar-refractivity contribution in [1.82, 2.24) is 4.98 Å². The molecule has 3 N–H and O–H groups in total. The minimum atomic E-state index is -0.120. The summed E-state index contributed by atoms with van der Waals surface area (Å²) in [6.45, 7) is 6.35. The molecule has 1 heterocycles. The Morgan fingerprint density at radius 2 is 2.22 bits per heavy atom. The van der Waals surface area contributed by atoms with Crippen molar-refractivity contribution in [2.75, 3.05) is 5.32 Å². The topological polar surface area (TPSA) is 68.0 Å². The van der Waals surface area contributed by atoms with Gasteiger partial charge in [-0.3, -0.25) is 9.78 Å². The first-order valence-corrected chi connectivity index (χ1v) is 6.72. The summed E-state index contributed by atoms with van der Waals surface area (Å²) in [6, 6.07) is 1.63. The number of hydrogen-bond donors (Lipinski definition) is 2. The van der Waals surface area contributed by atoms with Crippen LogP contribution in [0.4, 0.5) is 5.69 Å². The van der Waals surface area contributed by atoms with Crippen LogP contribution in [0.15, 0.2) is 22.9 Å². The molecule has 5 heteroatoms. The average Bonchev–Trinajstić information content (AvgIpc) is 2.18. The lowest BCUT2D eigenvalue weighted by molar-refractivity contribution is -0.116. The van der Waals surface area contributed by atoms with Gasteiger partial charge in [0.05, 0.1) is 10.2 Å². The second kappa shape index (κ2) is 6.29. The summed E-state index contributed by atoms with van der Waals surface area (Å²) in [5, 5.41) is 2.82. The zero-order valence-corrected chi connectivity index (χ0v) is 12.6. The summed E-state index contributed by atoms with van der Waals surface area (Å²) >= 11 is 3.33. The number of carbonyl (C=O) groups is 1. The molecule has 1 atom stereocenters. The first kappa shape index (κ1) is 15.1. The van der Waals surface area contributed by atoms with Crippen LogP contribution in [0.3, 0.4) is 0 Å². The SMILES string of the molecule is CC(C)(C)CC(N)CC(=O)Nc1ccncc1Br. The van der Waals surface area contributed by atoms with Gasteiger partial charge in [0.25, 0.3) is 0 Å². The fourth-order valence-corrected chi connectivity index (χ4v) is 2.12. The summed E-state index contributed by atoms with van der Waals surface area (Å²) in [5.41, 5.74) is 6.82. The Bertz CT molecular complexity index is 415. The molecule has 1 amide bonds. The summed E-state index contributed by atoms with van der Waals surface area (Å²) in [6.07, 6.45) is 4.42. The van der Waals surface area contributed by atoms with Gasteiger partial charge in [-0.1, -0.05) is 20.8 Å². The lowest BCUT2D eigenvalue weighted by Crippen LogP contribution is -2.31. The number of nitrogens with one attached hydrogen (secondary N) is 1. The van der Waals surface area contributed by atoms with Crippen LogP contribution in [0.5, 0.6) is 0 Å². The molecule has 0 spiro atoms. The van der Waals surface area contributed by atoms with Crippen molar-refractivity contribution in [3.8, 4) is 0 Å². The lowest BCUT2D eigenvalue weighted by Gasteiger charge is -2.22. The molecule has 18 heavy (non-hydrogen) atoms. The maximum atomic E-state index is 11.8. The van der Waals surface area contributed by atoms with Gasteiger partial charge < -0.3 is 11.1 Å². The Hall–Kier alpha value is -0.940. The van der Waals surface area contributed by atoms with Crippen molar-refractivity contribution in [1.29, 1.82) is 0 Å². The second-order valence-corrected chi connectivity index (χ2v) is 6.49. The number of amides is 1. The van der Waals surface area contributed by atoms with Gasteiger partial charge in [-0.25, -0.2) is 0 Å². The van der Waals surface area contributed by atoms with E-state index in [-0.39, 0.29) is 17.4 Å². The van der Waals surface area contributed by atoms with Crippen LogP contribution in [-0.2, 0) is 4.79 Å². The number of anilines is 1. The van der Waals surface area contributed by atoms with Crippen LogP contribution in [0.2, 0.25) is 0 Å². The number of nitrogens with two attached hydrogens (primary N) is 1. The van der Waals surface area contributed by atoms with Gasteiger partial charge in [0, 0.05) is 24.9 Å². The summed E-state index contributed by atoms with van der Waals surface area (Å²) in [7, 11) is 0. The Labute approximate surface area is 116 Å². The molecule has 1 unspecified atom stereocenters. The van der Waals surface area contributed by atoms with Crippen LogP contribution in [0, 0.1) is 5.41 Å². The number of pyridine rings is 1. The lowest BCUT2D eigenvalue weighted by atomic mass is 9.87. The minimum Gasteiger partial charge on any atom is -0.327 e. The third-order valence-electron chi connectivity index (χ3n) is 2.37. The van der Waals surface area contributed by atoms with Gasteiger partial charge in [-0.2, -0.15) is 0 Å². The molecule has 0 aromatic carbocycles. The van der Waals surface area contributed by atoms with E-state index in [2.05, 4.69) is 47.0 Å². The number of rotatable bonds is 4. The molecule has 0 aliphatic heterocycles. The highest BCUT2D eigenvalue weighted by molar-refractivity contribution is 9.10. The molecular weight excluding hydrogens is 294 g/mol. The summed E-state index contributed by atoms with van der Waals surface area (Å²) < 4.78 is 0.766. The molecule has 100 valence electrons. The van der Waals surface area contributed by atoms with E-state index in [4.69, 9.17) is 5.73 Å². The number of nitrogens with zero attached hydrogens (tertiary/aromatic N) is 1. The van der Waals surface area contributed by atoms with Crippen molar-refractivity contribution < 1.29 is 4.79 Å². The maximum absolute atomic E-state index is 11.8. The van der Waals surface area contributed by atoms with Gasteiger partial charge in [-0.05, 0) is 33.8 Å². The van der Waals surface area contributed by atoms with Crippen LogP contribution >= 0.6 is 15.9 Å². The molecule has 1 aromatic rings. The smallest absolute Gasteiger partial charge is 0.225 e. The normalized spacial score (nSPS) is 13.2. The number of hydrogen-bond acceptors (Lipinski definition) is 3. The monoisotopic (exact) mass is 313 g/mol. The number of carbonyl (C=O) groups excluding carboxylic acids is 1. The first-order valence-electron chi connectivity index (χ1n) is 5.93. The molecule has 1 aromatic heterocycles. The van der Waals surface area contributed by atoms with E-state index in [1.54, 1.807) is 18.5 Å². The average molecular weight is 314 g/mol. The third-order valence-corrected chi connectivity index (χ3v) is 3.00. The maximum Gasteiger partial charge on any atom is 0.225 e. The number of aromatic nitrogens is 1. The highest BCUT2D eigenvalue weighted by Crippen LogP contribution is 2.22. The van der Waals surface area contributed by atoms with Gasteiger partial charge in [0.1, 0.15) is 0 Å². The van der Waals surface area contributed by atoms with E-state index < -0.39 is 0 Å². The van der Waals surface area contributed by atoms with E-state index in [0.717, 1.165) is 16.6 Å². The second-order valence-electron chi connectivity index (χ2n) is 5.63. The Balaban J connectivity index is 2.50. The van der Waals surface area contributed by atoms with E-state index in [1.165, 1.54) is 0 Å². The highest BCUT2D eigenvalue weighted by atomic mass is 79.9. The zero-order chi connectivity index (χ0) is 13.8. The van der Waals surface area contributed by atoms with Crippen molar-refractivity contribution >= 4 is 27.5 Å². The molecule has 0 bridgehead atoms.